The summed E-state index contributed by atoms with van der Waals surface area (Å²) in [6.07, 6.45) is 120. The molecule has 0 aliphatic heterocycles. The zero-order valence-electron chi connectivity index (χ0n) is 64.8. The SMILES string of the molecule is CC/C=C\C/C=C\C/C=C\C/C=C\C/C=C\C/C=C\C/C=C\C/C=C\CCCCCCCCCCCCCCC(=O)OC(COC(=O)CCCCCCCCCCCCCCCCCCC/C=C\C/C=C\C/C=C\C/C=C\C/C=C\C/C=C\C/C=C\CC)COP(=O)([O-])OCC[N+](C)(C)C. The molecular formula is C90H150NO8P. The van der Waals surface area contributed by atoms with Gasteiger partial charge in [-0.3, -0.25) is 14.2 Å². The Kier molecular flexibility index (Phi) is 74.4. The van der Waals surface area contributed by atoms with Gasteiger partial charge in [-0.15, -0.1) is 0 Å². The number of esters is 2. The standard InChI is InChI=1S/C90H150NO8P/c1-6-8-10-12-14-16-18-20-22-24-26-28-30-32-34-36-38-40-42-44-45-47-48-50-52-54-56-58-60-62-64-66-68-70-72-74-76-78-80-82-89(92)96-86-88(87-98-100(94,95)97-85-84-91(3,4)5)99-90(93)83-81-79-77-75-73-71-69-67-65-63-61-59-57-55-53-51-49-46-43-41-39-37-35-33-31-29-27-25-23-21-19-17-15-13-11-9-7-2/h8-11,14-17,20-23,26-29,32-35,38-41,44-46,49,53,55,88H,6-7,12-13,18-19,24-25,30-31,36-37,42-43,47-48,50-52,54,56-87H2,1-5H3/b10-8-,11-9-,16-14-,17-15-,22-20-,23-21-,28-26-,29-27-,34-32-,35-33-,40-38-,41-39-,45-44-,49-46-,55-53-. The predicted molar refractivity (Wildman–Crippen MR) is 433 cm³/mol. The summed E-state index contributed by atoms with van der Waals surface area (Å²) in [6, 6.07) is 0. The molecule has 0 radical (unpaired) electrons. The number of hydrogen-bond acceptors (Lipinski definition) is 8. The van der Waals surface area contributed by atoms with E-state index in [1.54, 1.807) is 0 Å². The van der Waals surface area contributed by atoms with Crippen LogP contribution in [0, 0.1) is 0 Å². The van der Waals surface area contributed by atoms with E-state index in [1.165, 1.54) is 148 Å². The van der Waals surface area contributed by atoms with Crippen molar-refractivity contribution in [3.05, 3.63) is 182 Å². The van der Waals surface area contributed by atoms with E-state index in [2.05, 4.69) is 196 Å². The molecule has 0 aliphatic rings. The molecule has 100 heavy (non-hydrogen) atoms. The minimum atomic E-state index is -4.66. The normalized spacial score (nSPS) is 14.0. The van der Waals surface area contributed by atoms with E-state index in [4.69, 9.17) is 18.5 Å². The minimum absolute atomic E-state index is 0.0375. The molecule has 0 aromatic rings. The van der Waals surface area contributed by atoms with Crippen LogP contribution in [0.5, 0.6) is 0 Å². The van der Waals surface area contributed by atoms with Crippen LogP contribution in [0.15, 0.2) is 182 Å². The molecule has 2 unspecified atom stereocenters. The number of likely N-dealkylation sites (N-methyl/N-ethyl adjacent to an activating group) is 1. The highest BCUT2D eigenvalue weighted by molar-refractivity contribution is 7.45. The van der Waals surface area contributed by atoms with E-state index in [9.17, 15) is 19.0 Å². The maximum absolute atomic E-state index is 12.9. The van der Waals surface area contributed by atoms with Gasteiger partial charge in [0.2, 0.25) is 0 Å². The number of unbranched alkanes of at least 4 members (excludes halogenated alkanes) is 29. The van der Waals surface area contributed by atoms with Crippen LogP contribution in [0.3, 0.4) is 0 Å². The van der Waals surface area contributed by atoms with Gasteiger partial charge in [0.05, 0.1) is 27.7 Å². The number of carbonyl (C=O) groups excluding carboxylic acids is 2. The summed E-state index contributed by atoms with van der Waals surface area (Å²) >= 11 is 0. The van der Waals surface area contributed by atoms with Crippen molar-refractivity contribution in [1.29, 1.82) is 0 Å². The van der Waals surface area contributed by atoms with Crippen molar-refractivity contribution in [2.75, 3.05) is 47.5 Å². The van der Waals surface area contributed by atoms with Crippen LogP contribution >= 0.6 is 7.82 Å². The van der Waals surface area contributed by atoms with Gasteiger partial charge in [0.25, 0.3) is 7.82 Å². The van der Waals surface area contributed by atoms with Crippen LogP contribution in [0.2, 0.25) is 0 Å². The fourth-order valence-corrected chi connectivity index (χ4v) is 11.6. The lowest BCUT2D eigenvalue weighted by atomic mass is 10.0. The van der Waals surface area contributed by atoms with Gasteiger partial charge in [-0.2, -0.15) is 0 Å². The van der Waals surface area contributed by atoms with Gasteiger partial charge in [-0.1, -0.05) is 357 Å². The summed E-state index contributed by atoms with van der Waals surface area (Å²) in [5.41, 5.74) is 0. The molecule has 10 heteroatoms. The second kappa shape index (κ2) is 78.3. The third-order valence-electron chi connectivity index (χ3n) is 16.9. The Balaban J connectivity index is 4.01. The average Bonchev–Trinajstić information content (AvgIpc) is 1.02. The lowest BCUT2D eigenvalue weighted by molar-refractivity contribution is -0.870. The maximum Gasteiger partial charge on any atom is 0.306 e. The van der Waals surface area contributed by atoms with Gasteiger partial charge in [-0.25, -0.2) is 0 Å². The van der Waals surface area contributed by atoms with Crippen molar-refractivity contribution in [2.45, 2.75) is 328 Å². The van der Waals surface area contributed by atoms with Gasteiger partial charge in [0.1, 0.15) is 19.8 Å². The first-order chi connectivity index (χ1) is 49.0. The first-order valence-corrected chi connectivity index (χ1v) is 42.0. The van der Waals surface area contributed by atoms with Crippen molar-refractivity contribution in [3.8, 4) is 0 Å². The lowest BCUT2D eigenvalue weighted by Crippen LogP contribution is -2.37. The molecule has 0 heterocycles. The zero-order valence-corrected chi connectivity index (χ0v) is 65.7. The topological polar surface area (TPSA) is 111 Å². The van der Waals surface area contributed by atoms with Gasteiger partial charge in [-0.05, 0) is 135 Å². The van der Waals surface area contributed by atoms with Crippen LogP contribution in [-0.4, -0.2) is 70.0 Å². The number of allylic oxidation sites excluding steroid dienone is 30. The van der Waals surface area contributed by atoms with Gasteiger partial charge >= 0.3 is 11.9 Å². The summed E-state index contributed by atoms with van der Waals surface area (Å²) < 4.78 is 34.4. The third-order valence-corrected chi connectivity index (χ3v) is 17.9. The van der Waals surface area contributed by atoms with E-state index < -0.39 is 26.5 Å². The smallest absolute Gasteiger partial charge is 0.306 e. The third kappa shape index (κ3) is 82.1. The number of carbonyl (C=O) groups is 2. The number of phosphoric acid groups is 1. The summed E-state index contributed by atoms with van der Waals surface area (Å²) in [7, 11) is 1.16. The van der Waals surface area contributed by atoms with Crippen molar-refractivity contribution < 1.29 is 42.1 Å². The largest absolute Gasteiger partial charge is 0.756 e. The molecule has 0 rings (SSSR count). The molecule has 0 fully saturated rings. The van der Waals surface area contributed by atoms with Crippen LogP contribution in [-0.2, 0) is 32.7 Å². The van der Waals surface area contributed by atoms with E-state index >= 15 is 0 Å². The first-order valence-electron chi connectivity index (χ1n) is 40.5. The second-order valence-corrected chi connectivity index (χ2v) is 29.1. The molecule has 0 spiro atoms. The molecular weight excluding hydrogens is 1250 g/mol. The predicted octanol–water partition coefficient (Wildman–Crippen LogP) is 26.8. The first kappa shape index (κ1) is 95.1. The summed E-state index contributed by atoms with van der Waals surface area (Å²) in [6.45, 7) is 4.02. The molecule has 568 valence electrons. The minimum Gasteiger partial charge on any atom is -0.756 e. The number of ether oxygens (including phenoxy) is 2. The molecule has 0 aromatic carbocycles. The fourth-order valence-electron chi connectivity index (χ4n) is 10.8. The molecule has 0 aromatic heterocycles. The fraction of sp³-hybridized carbons (Fsp3) is 0.644. The molecule has 0 aliphatic carbocycles. The number of nitrogens with zero attached hydrogens (tertiary/aromatic N) is 1. The van der Waals surface area contributed by atoms with Crippen LogP contribution in [0.1, 0.15) is 322 Å². The highest BCUT2D eigenvalue weighted by Crippen LogP contribution is 2.38. The quantitative estimate of drug-likeness (QED) is 0.0195. The molecule has 0 saturated carbocycles. The van der Waals surface area contributed by atoms with Crippen LogP contribution in [0.25, 0.3) is 0 Å². The van der Waals surface area contributed by atoms with Crippen molar-refractivity contribution >= 4 is 19.8 Å². The summed E-state index contributed by atoms with van der Waals surface area (Å²) in [4.78, 5) is 38.2. The van der Waals surface area contributed by atoms with Crippen LogP contribution < -0.4 is 4.89 Å². The number of quaternary nitrogens is 1. The van der Waals surface area contributed by atoms with Gasteiger partial charge in [0, 0.05) is 12.8 Å². The van der Waals surface area contributed by atoms with E-state index in [1.807, 2.05) is 21.1 Å². The van der Waals surface area contributed by atoms with Crippen molar-refractivity contribution in [2.24, 2.45) is 0 Å². The monoisotopic (exact) mass is 1400 g/mol. The van der Waals surface area contributed by atoms with E-state index in [-0.39, 0.29) is 32.0 Å². The van der Waals surface area contributed by atoms with E-state index in [0.717, 1.165) is 141 Å². The molecule has 2 atom stereocenters. The molecule has 9 nitrogen and oxygen atoms in total. The lowest BCUT2D eigenvalue weighted by Gasteiger charge is -2.28. The Morgan fingerprint density at radius 3 is 0.800 bits per heavy atom. The molecule has 0 bridgehead atoms. The molecule has 0 amide bonds. The molecule has 0 saturated heterocycles. The number of rotatable bonds is 73. The summed E-state index contributed by atoms with van der Waals surface area (Å²) in [5, 5.41) is 0. The Morgan fingerprint density at radius 1 is 0.310 bits per heavy atom. The Morgan fingerprint density at radius 2 is 0.540 bits per heavy atom. The zero-order chi connectivity index (χ0) is 72.5. The Bertz CT molecular complexity index is 2350. The van der Waals surface area contributed by atoms with Crippen LogP contribution in [0.4, 0.5) is 0 Å². The number of phosphoric ester groups is 1. The summed E-state index contributed by atoms with van der Waals surface area (Å²) in [5.74, 6) is -0.835. The van der Waals surface area contributed by atoms with Crippen molar-refractivity contribution in [3.63, 3.8) is 0 Å². The average molecular weight is 1410 g/mol. The van der Waals surface area contributed by atoms with Gasteiger partial charge < -0.3 is 27.9 Å². The Labute approximate surface area is 616 Å². The van der Waals surface area contributed by atoms with E-state index in [0.29, 0.717) is 17.4 Å². The molecule has 0 N–H and O–H groups in total. The second-order valence-electron chi connectivity index (χ2n) is 27.7. The van der Waals surface area contributed by atoms with Crippen molar-refractivity contribution in [1.82, 2.24) is 0 Å². The Hall–Kier alpha value is -4.89. The maximum atomic E-state index is 12.9. The highest BCUT2D eigenvalue weighted by atomic mass is 31.2. The number of hydrogen-bond donors (Lipinski definition) is 0. The highest BCUT2D eigenvalue weighted by Gasteiger charge is 2.22. The van der Waals surface area contributed by atoms with Gasteiger partial charge in [0.15, 0.2) is 6.10 Å².